The van der Waals surface area contributed by atoms with Crippen LogP contribution in [0.1, 0.15) is 37.0 Å². The zero-order chi connectivity index (χ0) is 16.1. The number of methoxy groups -OCH3 is 1. The maximum absolute atomic E-state index is 12.5. The predicted octanol–water partition coefficient (Wildman–Crippen LogP) is 2.07. The first-order valence-electron chi connectivity index (χ1n) is 7.75. The standard InChI is InChI=1S/C17H24N2O3/c1-12(2)18-16(20)13-7-9-19(10-8-13)17(21)14-5-4-6-15(11-14)22-3/h4-6,11-13H,7-10H2,1-3H3,(H,18,20). The second-order valence-corrected chi connectivity index (χ2v) is 5.96. The van der Waals surface area contributed by atoms with Crippen LogP contribution in [0.25, 0.3) is 0 Å². The third-order valence-electron chi connectivity index (χ3n) is 3.90. The molecule has 5 heteroatoms. The summed E-state index contributed by atoms with van der Waals surface area (Å²) in [4.78, 5) is 26.3. The molecule has 0 radical (unpaired) electrons. The van der Waals surface area contributed by atoms with Crippen molar-refractivity contribution in [2.45, 2.75) is 32.7 Å². The van der Waals surface area contributed by atoms with Gasteiger partial charge < -0.3 is 15.0 Å². The molecule has 1 aromatic carbocycles. The van der Waals surface area contributed by atoms with E-state index in [-0.39, 0.29) is 23.8 Å². The third kappa shape index (κ3) is 4.00. The SMILES string of the molecule is COc1cccc(C(=O)N2CCC(C(=O)NC(C)C)CC2)c1. The Morgan fingerprint density at radius 1 is 1.27 bits per heavy atom. The monoisotopic (exact) mass is 304 g/mol. The molecule has 2 amide bonds. The quantitative estimate of drug-likeness (QED) is 0.926. The third-order valence-corrected chi connectivity index (χ3v) is 3.90. The second-order valence-electron chi connectivity index (χ2n) is 5.96. The Kier molecular flexibility index (Phi) is 5.41. The van der Waals surface area contributed by atoms with E-state index in [1.165, 1.54) is 0 Å². The molecule has 0 spiro atoms. The number of ether oxygens (including phenoxy) is 1. The summed E-state index contributed by atoms with van der Waals surface area (Å²) >= 11 is 0. The lowest BCUT2D eigenvalue weighted by Gasteiger charge is -2.31. The van der Waals surface area contributed by atoms with E-state index >= 15 is 0 Å². The van der Waals surface area contributed by atoms with Crippen LogP contribution in [0.15, 0.2) is 24.3 Å². The second kappa shape index (κ2) is 7.29. The van der Waals surface area contributed by atoms with Gasteiger partial charge in [0.2, 0.25) is 5.91 Å². The summed E-state index contributed by atoms with van der Waals surface area (Å²) in [5.41, 5.74) is 0.629. The molecule has 1 saturated heterocycles. The molecule has 1 aliphatic rings. The first kappa shape index (κ1) is 16.3. The van der Waals surface area contributed by atoms with Gasteiger partial charge in [-0.3, -0.25) is 9.59 Å². The topological polar surface area (TPSA) is 58.6 Å². The molecular formula is C17H24N2O3. The average molecular weight is 304 g/mol. The van der Waals surface area contributed by atoms with Crippen LogP contribution in [-0.4, -0.2) is 43.0 Å². The zero-order valence-corrected chi connectivity index (χ0v) is 13.5. The molecule has 0 atom stereocenters. The molecule has 1 fully saturated rings. The van der Waals surface area contributed by atoms with Gasteiger partial charge in [-0.05, 0) is 44.9 Å². The maximum Gasteiger partial charge on any atom is 0.253 e. The van der Waals surface area contributed by atoms with E-state index in [1.54, 1.807) is 19.2 Å². The van der Waals surface area contributed by atoms with Crippen LogP contribution < -0.4 is 10.1 Å². The molecule has 120 valence electrons. The number of carbonyl (C=O) groups excluding carboxylic acids is 2. The number of rotatable bonds is 4. The number of nitrogens with zero attached hydrogens (tertiary/aromatic N) is 1. The Labute approximate surface area is 131 Å². The van der Waals surface area contributed by atoms with E-state index in [0.717, 1.165) is 0 Å². The molecule has 22 heavy (non-hydrogen) atoms. The highest BCUT2D eigenvalue weighted by Gasteiger charge is 2.28. The van der Waals surface area contributed by atoms with Crippen LogP contribution in [0, 0.1) is 5.92 Å². The van der Waals surface area contributed by atoms with Gasteiger partial charge >= 0.3 is 0 Å². The number of likely N-dealkylation sites (tertiary alicyclic amines) is 1. The van der Waals surface area contributed by atoms with Crippen LogP contribution in [0.5, 0.6) is 5.75 Å². The van der Waals surface area contributed by atoms with E-state index in [1.807, 2.05) is 30.9 Å². The molecular weight excluding hydrogens is 280 g/mol. The number of hydrogen-bond donors (Lipinski definition) is 1. The summed E-state index contributed by atoms with van der Waals surface area (Å²) in [6, 6.07) is 7.33. The van der Waals surface area contributed by atoms with Gasteiger partial charge in [-0.15, -0.1) is 0 Å². The minimum atomic E-state index is 0.00150. The highest BCUT2D eigenvalue weighted by atomic mass is 16.5. The minimum absolute atomic E-state index is 0.00150. The van der Waals surface area contributed by atoms with Crippen molar-refractivity contribution in [1.82, 2.24) is 10.2 Å². The number of nitrogens with one attached hydrogen (secondary N) is 1. The molecule has 0 bridgehead atoms. The van der Waals surface area contributed by atoms with Gasteiger partial charge in [0.25, 0.3) is 5.91 Å². The van der Waals surface area contributed by atoms with Crippen molar-refractivity contribution < 1.29 is 14.3 Å². The van der Waals surface area contributed by atoms with Gasteiger partial charge in [0, 0.05) is 30.6 Å². The summed E-state index contributed by atoms with van der Waals surface area (Å²) < 4.78 is 5.15. The summed E-state index contributed by atoms with van der Waals surface area (Å²) in [6.07, 6.45) is 1.43. The summed E-state index contributed by atoms with van der Waals surface area (Å²) in [6.45, 7) is 5.15. The van der Waals surface area contributed by atoms with Crippen LogP contribution in [-0.2, 0) is 4.79 Å². The van der Waals surface area contributed by atoms with Crippen molar-refractivity contribution in [3.8, 4) is 5.75 Å². The molecule has 2 rings (SSSR count). The average Bonchev–Trinajstić information content (AvgIpc) is 2.53. The smallest absolute Gasteiger partial charge is 0.253 e. The van der Waals surface area contributed by atoms with E-state index in [4.69, 9.17) is 4.74 Å². The molecule has 0 unspecified atom stereocenters. The summed E-state index contributed by atoms with van der Waals surface area (Å²) in [5, 5.41) is 2.94. The normalized spacial score (nSPS) is 15.7. The summed E-state index contributed by atoms with van der Waals surface area (Å²) in [7, 11) is 1.59. The molecule has 0 aromatic heterocycles. The van der Waals surface area contributed by atoms with Gasteiger partial charge in [0.15, 0.2) is 0 Å². The van der Waals surface area contributed by atoms with E-state index < -0.39 is 0 Å². The Bertz CT molecular complexity index is 534. The zero-order valence-electron chi connectivity index (χ0n) is 13.5. The molecule has 0 saturated carbocycles. The van der Waals surface area contributed by atoms with Gasteiger partial charge in [-0.2, -0.15) is 0 Å². The molecule has 1 aliphatic heterocycles. The largest absolute Gasteiger partial charge is 0.497 e. The fourth-order valence-corrected chi connectivity index (χ4v) is 2.69. The van der Waals surface area contributed by atoms with E-state index in [2.05, 4.69) is 5.32 Å². The van der Waals surface area contributed by atoms with Crippen molar-refractivity contribution in [2.75, 3.05) is 20.2 Å². The van der Waals surface area contributed by atoms with Crippen LogP contribution >= 0.6 is 0 Å². The predicted molar refractivity (Wildman–Crippen MR) is 84.9 cm³/mol. The van der Waals surface area contributed by atoms with Gasteiger partial charge in [0.05, 0.1) is 7.11 Å². The fraction of sp³-hybridized carbons (Fsp3) is 0.529. The number of carbonyl (C=O) groups is 2. The Morgan fingerprint density at radius 2 is 1.95 bits per heavy atom. The van der Waals surface area contributed by atoms with Crippen molar-refractivity contribution in [3.63, 3.8) is 0 Å². The van der Waals surface area contributed by atoms with E-state index in [0.29, 0.717) is 37.2 Å². The van der Waals surface area contributed by atoms with Crippen molar-refractivity contribution in [3.05, 3.63) is 29.8 Å². The van der Waals surface area contributed by atoms with Crippen LogP contribution in [0.3, 0.4) is 0 Å². The lowest BCUT2D eigenvalue weighted by atomic mass is 9.95. The first-order valence-corrected chi connectivity index (χ1v) is 7.75. The molecule has 5 nitrogen and oxygen atoms in total. The van der Waals surface area contributed by atoms with Crippen molar-refractivity contribution in [2.24, 2.45) is 5.92 Å². The molecule has 1 aromatic rings. The number of benzene rings is 1. The summed E-state index contributed by atoms with van der Waals surface area (Å²) in [5.74, 6) is 0.791. The highest BCUT2D eigenvalue weighted by molar-refractivity contribution is 5.94. The lowest BCUT2D eigenvalue weighted by molar-refractivity contribution is -0.126. The fourth-order valence-electron chi connectivity index (χ4n) is 2.69. The number of piperidine rings is 1. The maximum atomic E-state index is 12.5. The molecule has 1 N–H and O–H groups in total. The lowest BCUT2D eigenvalue weighted by Crippen LogP contribution is -2.44. The van der Waals surface area contributed by atoms with Gasteiger partial charge in [0.1, 0.15) is 5.75 Å². The van der Waals surface area contributed by atoms with Gasteiger partial charge in [-0.25, -0.2) is 0 Å². The Balaban J connectivity index is 1.93. The minimum Gasteiger partial charge on any atom is -0.497 e. The molecule has 0 aliphatic carbocycles. The van der Waals surface area contributed by atoms with Gasteiger partial charge in [-0.1, -0.05) is 6.07 Å². The van der Waals surface area contributed by atoms with Crippen LogP contribution in [0.4, 0.5) is 0 Å². The first-order chi connectivity index (χ1) is 10.5. The van der Waals surface area contributed by atoms with Crippen LogP contribution in [0.2, 0.25) is 0 Å². The Morgan fingerprint density at radius 3 is 2.55 bits per heavy atom. The highest BCUT2D eigenvalue weighted by Crippen LogP contribution is 2.21. The van der Waals surface area contributed by atoms with E-state index in [9.17, 15) is 9.59 Å². The Hall–Kier alpha value is -2.04. The number of amides is 2. The van der Waals surface area contributed by atoms with Crippen molar-refractivity contribution >= 4 is 11.8 Å². The molecule has 1 heterocycles. The number of hydrogen-bond acceptors (Lipinski definition) is 3. The van der Waals surface area contributed by atoms with Crippen molar-refractivity contribution in [1.29, 1.82) is 0 Å².